The molecule has 0 saturated carbocycles. The molecule has 1 heterocycles. The highest BCUT2D eigenvalue weighted by molar-refractivity contribution is 5.87. The van der Waals surface area contributed by atoms with Crippen LogP contribution in [-0.4, -0.2) is 39.9 Å². The van der Waals surface area contributed by atoms with E-state index in [0.29, 0.717) is 6.54 Å². The van der Waals surface area contributed by atoms with Gasteiger partial charge in [-0.3, -0.25) is 9.69 Å². The van der Waals surface area contributed by atoms with Gasteiger partial charge in [0.1, 0.15) is 0 Å². The molecule has 1 fully saturated rings. The molecule has 3 heteroatoms. The van der Waals surface area contributed by atoms with E-state index < -0.39 is 0 Å². The van der Waals surface area contributed by atoms with E-state index in [9.17, 15) is 4.79 Å². The highest BCUT2D eigenvalue weighted by Crippen LogP contribution is 2.39. The Labute approximate surface area is 141 Å². The van der Waals surface area contributed by atoms with Gasteiger partial charge < -0.3 is 4.90 Å². The second kappa shape index (κ2) is 6.48. The van der Waals surface area contributed by atoms with Gasteiger partial charge in [0, 0.05) is 23.7 Å². The van der Waals surface area contributed by atoms with E-state index in [4.69, 9.17) is 0 Å². The van der Waals surface area contributed by atoms with Gasteiger partial charge in [-0.05, 0) is 59.2 Å². The highest BCUT2D eigenvalue weighted by Gasteiger charge is 2.45. The molecule has 1 saturated heterocycles. The van der Waals surface area contributed by atoms with Crippen LogP contribution in [0.2, 0.25) is 0 Å². The molecule has 1 aromatic carbocycles. The fourth-order valence-electron chi connectivity index (χ4n) is 3.82. The average molecular weight is 314 g/mol. The second-order valence-corrected chi connectivity index (χ2v) is 7.90. The largest absolute Gasteiger partial charge is 0.332 e. The van der Waals surface area contributed by atoms with Crippen molar-refractivity contribution in [2.75, 3.05) is 7.05 Å². The molecular formula is C20H30N2O. The maximum absolute atomic E-state index is 12.5. The molecule has 1 aromatic rings. The molecule has 1 aliphatic rings. The van der Waals surface area contributed by atoms with Gasteiger partial charge in [0.05, 0.1) is 0 Å². The van der Waals surface area contributed by atoms with Crippen molar-refractivity contribution in [2.45, 2.75) is 64.2 Å². The van der Waals surface area contributed by atoms with E-state index in [2.05, 4.69) is 58.4 Å². The summed E-state index contributed by atoms with van der Waals surface area (Å²) < 4.78 is 0. The van der Waals surface area contributed by atoms with Crippen LogP contribution in [0.4, 0.5) is 0 Å². The summed E-state index contributed by atoms with van der Waals surface area (Å²) >= 11 is 0. The van der Waals surface area contributed by atoms with Gasteiger partial charge in [0.15, 0.2) is 0 Å². The predicted molar refractivity (Wildman–Crippen MR) is 96.1 cm³/mol. The maximum atomic E-state index is 12.5. The van der Waals surface area contributed by atoms with Crippen molar-refractivity contribution in [1.82, 2.24) is 9.80 Å². The SMILES string of the molecule is C=CC(=O)N(Cc1ccccc1)C1CC(C)(C)N(C)C(C)(C)C1. The van der Waals surface area contributed by atoms with Crippen LogP contribution in [0.15, 0.2) is 43.0 Å². The second-order valence-electron chi connectivity index (χ2n) is 7.90. The number of piperidine rings is 1. The summed E-state index contributed by atoms with van der Waals surface area (Å²) in [6.45, 7) is 13.4. The topological polar surface area (TPSA) is 23.6 Å². The minimum absolute atomic E-state index is 0.0232. The van der Waals surface area contributed by atoms with E-state index in [1.807, 2.05) is 23.1 Å². The smallest absolute Gasteiger partial charge is 0.246 e. The lowest BCUT2D eigenvalue weighted by atomic mass is 9.77. The highest BCUT2D eigenvalue weighted by atomic mass is 16.2. The Balaban J connectivity index is 2.29. The van der Waals surface area contributed by atoms with E-state index in [0.717, 1.165) is 18.4 Å². The molecule has 3 nitrogen and oxygen atoms in total. The van der Waals surface area contributed by atoms with Crippen molar-refractivity contribution in [3.63, 3.8) is 0 Å². The quantitative estimate of drug-likeness (QED) is 0.788. The van der Waals surface area contributed by atoms with E-state index in [1.54, 1.807) is 0 Å². The molecule has 0 radical (unpaired) electrons. The third-order valence-electron chi connectivity index (χ3n) is 5.38. The minimum atomic E-state index is 0.0232. The summed E-state index contributed by atoms with van der Waals surface area (Å²) in [5.41, 5.74) is 1.28. The Kier molecular flexibility index (Phi) is 5.00. The molecule has 0 aliphatic carbocycles. The van der Waals surface area contributed by atoms with Crippen LogP contribution in [0.5, 0.6) is 0 Å². The van der Waals surface area contributed by atoms with Crippen LogP contribution >= 0.6 is 0 Å². The number of nitrogens with zero attached hydrogens (tertiary/aromatic N) is 2. The zero-order valence-electron chi connectivity index (χ0n) is 15.2. The summed E-state index contributed by atoms with van der Waals surface area (Å²) in [4.78, 5) is 17.0. The maximum Gasteiger partial charge on any atom is 0.246 e. The lowest BCUT2D eigenvalue weighted by Gasteiger charge is -2.55. The monoisotopic (exact) mass is 314 g/mol. The Morgan fingerprint density at radius 3 is 2.22 bits per heavy atom. The Morgan fingerprint density at radius 1 is 1.22 bits per heavy atom. The Bertz CT molecular complexity index is 544. The first-order valence-electron chi connectivity index (χ1n) is 8.38. The zero-order valence-corrected chi connectivity index (χ0v) is 15.2. The molecule has 0 aromatic heterocycles. The van der Waals surface area contributed by atoms with Crippen LogP contribution in [0.1, 0.15) is 46.1 Å². The number of carbonyl (C=O) groups is 1. The van der Waals surface area contributed by atoms with Crippen molar-refractivity contribution in [3.05, 3.63) is 48.6 Å². The molecule has 0 N–H and O–H groups in total. The third kappa shape index (κ3) is 3.84. The van der Waals surface area contributed by atoms with Crippen LogP contribution < -0.4 is 0 Å². The normalized spacial score (nSPS) is 20.9. The van der Waals surface area contributed by atoms with Gasteiger partial charge in [0.25, 0.3) is 0 Å². The van der Waals surface area contributed by atoms with Gasteiger partial charge in [-0.2, -0.15) is 0 Å². The van der Waals surface area contributed by atoms with E-state index in [-0.39, 0.29) is 23.0 Å². The number of likely N-dealkylation sites (tertiary alicyclic amines) is 1. The minimum Gasteiger partial charge on any atom is -0.332 e. The van der Waals surface area contributed by atoms with E-state index in [1.165, 1.54) is 6.08 Å². The third-order valence-corrected chi connectivity index (χ3v) is 5.38. The fraction of sp³-hybridized carbons (Fsp3) is 0.550. The summed E-state index contributed by atoms with van der Waals surface area (Å²) in [7, 11) is 2.19. The average Bonchev–Trinajstić information content (AvgIpc) is 2.50. The number of rotatable bonds is 4. The molecule has 1 amide bonds. The first-order valence-corrected chi connectivity index (χ1v) is 8.38. The van der Waals surface area contributed by atoms with Crippen molar-refractivity contribution in [3.8, 4) is 0 Å². The molecule has 23 heavy (non-hydrogen) atoms. The van der Waals surface area contributed by atoms with Gasteiger partial charge in [-0.15, -0.1) is 0 Å². The number of hydrogen-bond acceptors (Lipinski definition) is 2. The van der Waals surface area contributed by atoms with Crippen LogP contribution in [0, 0.1) is 0 Å². The van der Waals surface area contributed by atoms with Crippen molar-refractivity contribution in [1.29, 1.82) is 0 Å². The molecular weight excluding hydrogens is 284 g/mol. The predicted octanol–water partition coefficient (Wildman–Crippen LogP) is 3.85. The number of benzene rings is 1. The number of amides is 1. The standard InChI is InChI=1S/C20H30N2O/c1-7-18(23)22(15-16-11-9-8-10-12-16)17-13-19(2,3)21(6)20(4,5)14-17/h7-12,17H,1,13-15H2,2-6H3. The molecule has 2 rings (SSSR count). The summed E-state index contributed by atoms with van der Waals surface area (Å²) in [6.07, 6.45) is 3.39. The summed E-state index contributed by atoms with van der Waals surface area (Å²) in [5.74, 6) is 0.0232. The van der Waals surface area contributed by atoms with Gasteiger partial charge in [-0.1, -0.05) is 36.9 Å². The first kappa shape index (κ1) is 17.7. The van der Waals surface area contributed by atoms with Crippen molar-refractivity contribution >= 4 is 5.91 Å². The molecule has 0 unspecified atom stereocenters. The van der Waals surface area contributed by atoms with Gasteiger partial charge in [-0.25, -0.2) is 0 Å². The van der Waals surface area contributed by atoms with Gasteiger partial charge in [0.2, 0.25) is 5.91 Å². The molecule has 0 spiro atoms. The summed E-state index contributed by atoms with van der Waals surface area (Å²) in [5, 5.41) is 0. The van der Waals surface area contributed by atoms with Crippen LogP contribution in [0.3, 0.4) is 0 Å². The van der Waals surface area contributed by atoms with Crippen LogP contribution in [0.25, 0.3) is 0 Å². The van der Waals surface area contributed by atoms with Crippen molar-refractivity contribution < 1.29 is 4.79 Å². The number of hydrogen-bond donors (Lipinski definition) is 0. The first-order chi connectivity index (χ1) is 10.7. The molecule has 126 valence electrons. The lowest BCUT2D eigenvalue weighted by molar-refractivity contribution is -0.133. The fourth-order valence-corrected chi connectivity index (χ4v) is 3.82. The Morgan fingerprint density at radius 2 is 1.74 bits per heavy atom. The molecule has 0 atom stereocenters. The molecule has 1 aliphatic heterocycles. The molecule has 0 bridgehead atoms. The van der Waals surface area contributed by atoms with E-state index >= 15 is 0 Å². The lowest BCUT2D eigenvalue weighted by Crippen LogP contribution is -2.63. The number of carbonyl (C=O) groups excluding carboxylic acids is 1. The van der Waals surface area contributed by atoms with Crippen molar-refractivity contribution in [2.24, 2.45) is 0 Å². The van der Waals surface area contributed by atoms with Crippen LogP contribution in [-0.2, 0) is 11.3 Å². The Hall–Kier alpha value is -1.61. The summed E-state index contributed by atoms with van der Waals surface area (Å²) in [6, 6.07) is 10.4. The zero-order chi connectivity index (χ0) is 17.3. The van der Waals surface area contributed by atoms with Gasteiger partial charge >= 0.3 is 0 Å².